The molecule has 2 rings (SSSR count). The minimum atomic E-state index is 0.104. The van der Waals surface area contributed by atoms with Gasteiger partial charge in [0.15, 0.2) is 0 Å². The third kappa shape index (κ3) is 2.52. The zero-order chi connectivity index (χ0) is 10.7. The van der Waals surface area contributed by atoms with Crippen LogP contribution in [0.5, 0.6) is 0 Å². The highest BCUT2D eigenvalue weighted by molar-refractivity contribution is 7.80. The highest BCUT2D eigenvalue weighted by Crippen LogP contribution is 2.11. The van der Waals surface area contributed by atoms with Gasteiger partial charge in [0, 0.05) is 36.6 Å². The summed E-state index contributed by atoms with van der Waals surface area (Å²) in [4.78, 5) is 14.7. The third-order valence-corrected chi connectivity index (χ3v) is 2.78. The molecule has 0 radical (unpaired) electrons. The highest BCUT2D eigenvalue weighted by Gasteiger charge is 2.17. The van der Waals surface area contributed by atoms with Gasteiger partial charge in [-0.25, -0.2) is 0 Å². The standard InChI is InChI=1S/C11H14N2OS/c14-11(13-6-4-12-5-7-13)9-2-1-3-10(15)8-9/h1-3,8,12,15H,4-7H2. The lowest BCUT2D eigenvalue weighted by atomic mass is 10.2. The molecule has 0 saturated carbocycles. The van der Waals surface area contributed by atoms with Crippen molar-refractivity contribution in [3.8, 4) is 0 Å². The van der Waals surface area contributed by atoms with Crippen molar-refractivity contribution < 1.29 is 4.79 Å². The van der Waals surface area contributed by atoms with Crippen LogP contribution in [0, 0.1) is 0 Å². The zero-order valence-corrected chi connectivity index (χ0v) is 9.33. The number of rotatable bonds is 1. The molecule has 1 N–H and O–H groups in total. The summed E-state index contributed by atoms with van der Waals surface area (Å²) in [5.41, 5.74) is 0.726. The Kier molecular flexibility index (Phi) is 3.28. The van der Waals surface area contributed by atoms with E-state index in [-0.39, 0.29) is 5.91 Å². The maximum Gasteiger partial charge on any atom is 0.253 e. The predicted octanol–water partition coefficient (Wildman–Crippen LogP) is 1.02. The number of hydrogen-bond acceptors (Lipinski definition) is 3. The van der Waals surface area contributed by atoms with Gasteiger partial charge in [0.2, 0.25) is 0 Å². The Morgan fingerprint density at radius 1 is 1.33 bits per heavy atom. The lowest BCUT2D eigenvalue weighted by Gasteiger charge is -2.27. The lowest BCUT2D eigenvalue weighted by molar-refractivity contribution is 0.0735. The molecule has 1 saturated heterocycles. The van der Waals surface area contributed by atoms with E-state index in [1.165, 1.54) is 0 Å². The highest BCUT2D eigenvalue weighted by atomic mass is 32.1. The summed E-state index contributed by atoms with van der Waals surface area (Å²) in [6.07, 6.45) is 0. The van der Waals surface area contributed by atoms with Crippen LogP contribution in [-0.4, -0.2) is 37.0 Å². The first-order chi connectivity index (χ1) is 7.27. The van der Waals surface area contributed by atoms with E-state index in [1.807, 2.05) is 29.2 Å². The van der Waals surface area contributed by atoms with Crippen molar-refractivity contribution in [1.82, 2.24) is 10.2 Å². The monoisotopic (exact) mass is 222 g/mol. The van der Waals surface area contributed by atoms with Crippen LogP contribution in [-0.2, 0) is 0 Å². The van der Waals surface area contributed by atoms with Gasteiger partial charge in [-0.1, -0.05) is 6.07 Å². The van der Waals surface area contributed by atoms with E-state index in [9.17, 15) is 4.79 Å². The Morgan fingerprint density at radius 2 is 2.07 bits per heavy atom. The van der Waals surface area contributed by atoms with Crippen molar-refractivity contribution in [3.05, 3.63) is 29.8 Å². The maximum absolute atomic E-state index is 12.0. The molecule has 4 heteroatoms. The van der Waals surface area contributed by atoms with Gasteiger partial charge in [0.25, 0.3) is 5.91 Å². The molecule has 1 aliphatic heterocycles. The average Bonchev–Trinajstić information content (AvgIpc) is 2.29. The first kappa shape index (κ1) is 10.5. The lowest BCUT2D eigenvalue weighted by Crippen LogP contribution is -2.46. The molecular formula is C11H14N2OS. The molecule has 0 aromatic heterocycles. The van der Waals surface area contributed by atoms with E-state index in [0.29, 0.717) is 0 Å². The van der Waals surface area contributed by atoms with Gasteiger partial charge >= 0.3 is 0 Å². The summed E-state index contributed by atoms with van der Waals surface area (Å²) < 4.78 is 0. The third-order valence-electron chi connectivity index (χ3n) is 2.50. The molecule has 0 unspecified atom stereocenters. The van der Waals surface area contributed by atoms with Crippen molar-refractivity contribution in [2.24, 2.45) is 0 Å². The number of carbonyl (C=O) groups excluding carboxylic acids is 1. The zero-order valence-electron chi connectivity index (χ0n) is 8.44. The fourth-order valence-electron chi connectivity index (χ4n) is 1.69. The average molecular weight is 222 g/mol. The number of nitrogens with one attached hydrogen (secondary N) is 1. The largest absolute Gasteiger partial charge is 0.336 e. The quantitative estimate of drug-likeness (QED) is 0.695. The number of hydrogen-bond donors (Lipinski definition) is 2. The van der Waals surface area contributed by atoms with Gasteiger partial charge in [-0.15, -0.1) is 12.6 Å². The first-order valence-corrected chi connectivity index (χ1v) is 5.51. The maximum atomic E-state index is 12.0. The molecule has 1 amide bonds. The van der Waals surface area contributed by atoms with Crippen molar-refractivity contribution >= 4 is 18.5 Å². The van der Waals surface area contributed by atoms with E-state index >= 15 is 0 Å². The van der Waals surface area contributed by atoms with Gasteiger partial charge in [0.1, 0.15) is 0 Å². The Hall–Kier alpha value is -1.00. The van der Waals surface area contributed by atoms with Crippen LogP contribution >= 0.6 is 12.6 Å². The second kappa shape index (κ2) is 4.68. The van der Waals surface area contributed by atoms with Gasteiger partial charge in [0.05, 0.1) is 0 Å². The molecular weight excluding hydrogens is 208 g/mol. The minimum Gasteiger partial charge on any atom is -0.336 e. The summed E-state index contributed by atoms with van der Waals surface area (Å²) in [5.74, 6) is 0.104. The molecule has 80 valence electrons. The number of carbonyl (C=O) groups is 1. The minimum absolute atomic E-state index is 0.104. The van der Waals surface area contributed by atoms with Crippen LogP contribution in [0.3, 0.4) is 0 Å². The molecule has 1 aliphatic rings. The van der Waals surface area contributed by atoms with Gasteiger partial charge < -0.3 is 10.2 Å². The van der Waals surface area contributed by atoms with Crippen molar-refractivity contribution in [2.75, 3.05) is 26.2 Å². The molecule has 15 heavy (non-hydrogen) atoms. The number of nitrogens with zero attached hydrogens (tertiary/aromatic N) is 1. The Morgan fingerprint density at radius 3 is 2.73 bits per heavy atom. The summed E-state index contributed by atoms with van der Waals surface area (Å²) in [6.45, 7) is 3.34. The Bertz CT molecular complexity index is 361. The van der Waals surface area contributed by atoms with Gasteiger partial charge in [-0.05, 0) is 18.2 Å². The smallest absolute Gasteiger partial charge is 0.253 e. The molecule has 1 heterocycles. The fourth-order valence-corrected chi connectivity index (χ4v) is 1.91. The van der Waals surface area contributed by atoms with Crippen LogP contribution in [0.4, 0.5) is 0 Å². The summed E-state index contributed by atoms with van der Waals surface area (Å²) >= 11 is 4.23. The summed E-state index contributed by atoms with van der Waals surface area (Å²) in [5, 5.41) is 3.22. The normalized spacial score (nSPS) is 16.5. The molecule has 1 aromatic carbocycles. The summed E-state index contributed by atoms with van der Waals surface area (Å²) in [6, 6.07) is 7.38. The van der Waals surface area contributed by atoms with Gasteiger partial charge in [-0.2, -0.15) is 0 Å². The molecule has 1 aromatic rings. The second-order valence-corrected chi connectivity index (χ2v) is 4.11. The fraction of sp³-hybridized carbons (Fsp3) is 0.364. The molecule has 0 aliphatic carbocycles. The molecule has 3 nitrogen and oxygen atoms in total. The van der Waals surface area contributed by atoms with Crippen LogP contribution in [0.25, 0.3) is 0 Å². The van der Waals surface area contributed by atoms with Crippen LogP contribution in [0.1, 0.15) is 10.4 Å². The molecule has 0 spiro atoms. The molecule has 0 bridgehead atoms. The van der Waals surface area contributed by atoms with Crippen molar-refractivity contribution in [3.63, 3.8) is 0 Å². The predicted molar refractivity (Wildman–Crippen MR) is 62.5 cm³/mol. The number of piperazine rings is 1. The van der Waals surface area contributed by atoms with E-state index in [2.05, 4.69) is 17.9 Å². The number of benzene rings is 1. The molecule has 0 atom stereocenters. The van der Waals surface area contributed by atoms with Crippen LogP contribution in [0.2, 0.25) is 0 Å². The number of amides is 1. The van der Waals surface area contributed by atoms with E-state index < -0.39 is 0 Å². The number of thiol groups is 1. The van der Waals surface area contributed by atoms with Gasteiger partial charge in [-0.3, -0.25) is 4.79 Å². The Balaban J connectivity index is 2.12. The van der Waals surface area contributed by atoms with Crippen LogP contribution < -0.4 is 5.32 Å². The SMILES string of the molecule is O=C(c1cccc(S)c1)N1CCNCC1. The Labute approximate surface area is 94.9 Å². The van der Waals surface area contributed by atoms with Crippen LogP contribution in [0.15, 0.2) is 29.2 Å². The van der Waals surface area contributed by atoms with Crippen molar-refractivity contribution in [2.45, 2.75) is 4.90 Å². The van der Waals surface area contributed by atoms with E-state index in [4.69, 9.17) is 0 Å². The van der Waals surface area contributed by atoms with E-state index in [1.54, 1.807) is 0 Å². The summed E-state index contributed by atoms with van der Waals surface area (Å²) in [7, 11) is 0. The topological polar surface area (TPSA) is 32.3 Å². The second-order valence-electron chi connectivity index (χ2n) is 3.59. The molecule has 1 fully saturated rings. The first-order valence-electron chi connectivity index (χ1n) is 5.06. The van der Waals surface area contributed by atoms with E-state index in [0.717, 1.165) is 36.6 Å². The van der Waals surface area contributed by atoms with Crippen molar-refractivity contribution in [1.29, 1.82) is 0 Å².